The second-order valence-electron chi connectivity index (χ2n) is 8.23. The number of unbranched alkanes of at least 4 members (excludes halogenated alkanes) is 1. The van der Waals surface area contributed by atoms with Crippen LogP contribution in [0.3, 0.4) is 0 Å². The summed E-state index contributed by atoms with van der Waals surface area (Å²) in [6.45, 7) is 6.01. The smallest absolute Gasteiger partial charge is 0.331 e. The molecule has 5 nitrogen and oxygen atoms in total. The van der Waals surface area contributed by atoms with Crippen molar-refractivity contribution in [2.45, 2.75) is 39.0 Å². The molecule has 2 aromatic carbocycles. The summed E-state index contributed by atoms with van der Waals surface area (Å²) >= 11 is 0. The lowest BCUT2D eigenvalue weighted by atomic mass is 9.95. The zero-order valence-electron chi connectivity index (χ0n) is 18.2. The van der Waals surface area contributed by atoms with Crippen molar-refractivity contribution in [2.75, 3.05) is 37.8 Å². The van der Waals surface area contributed by atoms with Gasteiger partial charge in [0.1, 0.15) is 12.4 Å². The van der Waals surface area contributed by atoms with Gasteiger partial charge >= 0.3 is 5.97 Å². The van der Waals surface area contributed by atoms with Crippen LogP contribution in [-0.2, 0) is 16.0 Å². The highest BCUT2D eigenvalue weighted by atomic mass is 16.5. The molecule has 0 aromatic heterocycles. The summed E-state index contributed by atoms with van der Waals surface area (Å²) in [6, 6.07) is 12.5. The van der Waals surface area contributed by atoms with Crippen molar-refractivity contribution < 1.29 is 19.4 Å². The number of benzene rings is 2. The van der Waals surface area contributed by atoms with Gasteiger partial charge in [-0.05, 0) is 78.3 Å². The van der Waals surface area contributed by atoms with Crippen molar-refractivity contribution in [2.24, 2.45) is 0 Å². The average Bonchev–Trinajstić information content (AvgIpc) is 3.17. The number of ether oxygens (including phenoxy) is 2. The molecule has 2 heterocycles. The Balaban J connectivity index is 1.52. The molecule has 0 fully saturated rings. The summed E-state index contributed by atoms with van der Waals surface area (Å²) in [5.41, 5.74) is 6.26. The molecule has 164 valence electrons. The lowest BCUT2D eigenvalue weighted by Gasteiger charge is -2.24. The molecule has 2 aliphatic heterocycles. The lowest BCUT2D eigenvalue weighted by Crippen LogP contribution is -2.23. The highest BCUT2D eigenvalue weighted by Gasteiger charge is 2.25. The fourth-order valence-electron chi connectivity index (χ4n) is 4.36. The van der Waals surface area contributed by atoms with Crippen molar-refractivity contribution in [3.8, 4) is 16.9 Å². The van der Waals surface area contributed by atoms with E-state index in [9.17, 15) is 9.90 Å². The first-order valence-corrected chi connectivity index (χ1v) is 11.3. The van der Waals surface area contributed by atoms with Gasteiger partial charge < -0.3 is 19.5 Å². The third kappa shape index (κ3) is 5.10. The summed E-state index contributed by atoms with van der Waals surface area (Å²) in [5.74, 6) is 0.0173. The molecular weight excluding hydrogens is 390 g/mol. The van der Waals surface area contributed by atoms with Crippen molar-refractivity contribution in [3.05, 3.63) is 53.1 Å². The topological polar surface area (TPSA) is 59.0 Å². The molecule has 0 spiro atoms. The van der Waals surface area contributed by atoms with Crippen molar-refractivity contribution >= 4 is 17.7 Å². The third-order valence-corrected chi connectivity index (χ3v) is 5.99. The van der Waals surface area contributed by atoms with Crippen LogP contribution in [-0.4, -0.2) is 44.0 Å². The van der Waals surface area contributed by atoms with Crippen LogP contribution in [0.2, 0.25) is 0 Å². The Kier molecular flexibility index (Phi) is 6.92. The van der Waals surface area contributed by atoms with E-state index in [4.69, 9.17) is 9.47 Å². The fourth-order valence-corrected chi connectivity index (χ4v) is 4.36. The third-order valence-electron chi connectivity index (χ3n) is 5.99. The SMILES string of the molecule is CCCCOCCOc1ccc(-c2cc3c4c(c2)CCN4CCCC(C(=O)O)=C3)cc1. The first-order chi connectivity index (χ1) is 15.2. The second kappa shape index (κ2) is 10.0. The zero-order valence-corrected chi connectivity index (χ0v) is 18.2. The normalized spacial score (nSPS) is 15.1. The van der Waals surface area contributed by atoms with E-state index in [1.165, 1.54) is 11.3 Å². The van der Waals surface area contributed by atoms with Gasteiger partial charge in [-0.15, -0.1) is 0 Å². The maximum Gasteiger partial charge on any atom is 0.331 e. The number of nitrogens with zero attached hydrogens (tertiary/aromatic N) is 1. The molecular formula is C26H31NO4. The van der Waals surface area contributed by atoms with E-state index in [2.05, 4.69) is 36.1 Å². The van der Waals surface area contributed by atoms with Crippen molar-refractivity contribution in [1.82, 2.24) is 0 Å². The van der Waals surface area contributed by atoms with Gasteiger partial charge in [-0.25, -0.2) is 4.79 Å². The minimum Gasteiger partial charge on any atom is -0.491 e. The number of anilines is 1. The summed E-state index contributed by atoms with van der Waals surface area (Å²) in [6.07, 6.45) is 6.59. The Morgan fingerprint density at radius 1 is 1.03 bits per heavy atom. The number of hydrogen-bond acceptors (Lipinski definition) is 4. The van der Waals surface area contributed by atoms with Gasteiger partial charge in [0, 0.05) is 31.0 Å². The molecule has 1 N–H and O–H groups in total. The molecule has 2 aromatic rings. The number of carboxylic acids is 1. The van der Waals surface area contributed by atoms with Crippen LogP contribution in [0.25, 0.3) is 17.2 Å². The number of carbonyl (C=O) groups is 1. The van der Waals surface area contributed by atoms with E-state index >= 15 is 0 Å². The van der Waals surface area contributed by atoms with Gasteiger partial charge in [0.05, 0.1) is 6.61 Å². The van der Waals surface area contributed by atoms with E-state index in [0.29, 0.717) is 25.2 Å². The van der Waals surface area contributed by atoms with Crippen LogP contribution in [0.1, 0.15) is 43.7 Å². The maximum atomic E-state index is 11.7. The summed E-state index contributed by atoms with van der Waals surface area (Å²) in [7, 11) is 0. The Labute approximate surface area is 184 Å². The fraction of sp³-hybridized carbons (Fsp3) is 0.423. The highest BCUT2D eigenvalue weighted by Crippen LogP contribution is 2.39. The monoisotopic (exact) mass is 421 g/mol. The molecule has 0 bridgehead atoms. The van der Waals surface area contributed by atoms with Crippen LogP contribution in [0.4, 0.5) is 5.69 Å². The molecule has 0 saturated carbocycles. The van der Waals surface area contributed by atoms with Crippen LogP contribution in [0.5, 0.6) is 5.75 Å². The summed E-state index contributed by atoms with van der Waals surface area (Å²) in [5, 5.41) is 9.57. The van der Waals surface area contributed by atoms with E-state index in [-0.39, 0.29) is 0 Å². The minimum absolute atomic E-state index is 0.496. The van der Waals surface area contributed by atoms with Crippen LogP contribution >= 0.6 is 0 Å². The Morgan fingerprint density at radius 2 is 1.87 bits per heavy atom. The number of aliphatic carboxylic acids is 1. The van der Waals surface area contributed by atoms with Gasteiger partial charge in [-0.3, -0.25) is 0 Å². The zero-order chi connectivity index (χ0) is 21.6. The molecule has 4 rings (SSSR count). The van der Waals surface area contributed by atoms with E-state index in [1.54, 1.807) is 0 Å². The van der Waals surface area contributed by atoms with Gasteiger partial charge in [-0.2, -0.15) is 0 Å². The van der Waals surface area contributed by atoms with E-state index in [0.717, 1.165) is 67.8 Å². The predicted molar refractivity (Wildman–Crippen MR) is 124 cm³/mol. The van der Waals surface area contributed by atoms with Gasteiger partial charge in [-0.1, -0.05) is 25.5 Å². The van der Waals surface area contributed by atoms with Crippen LogP contribution < -0.4 is 9.64 Å². The lowest BCUT2D eigenvalue weighted by molar-refractivity contribution is -0.132. The molecule has 0 radical (unpaired) electrons. The van der Waals surface area contributed by atoms with Crippen molar-refractivity contribution in [1.29, 1.82) is 0 Å². The Morgan fingerprint density at radius 3 is 2.65 bits per heavy atom. The molecule has 2 aliphatic rings. The standard InChI is InChI=1S/C26H31NO4/c1-2-3-13-30-14-15-31-24-8-6-19(7-9-24)22-16-20-10-12-27-11-4-5-21(26(28)29)17-23(18-22)25(20)27/h6-9,16-18H,2-5,10-15H2,1H3,(H,28,29). The van der Waals surface area contributed by atoms with Gasteiger partial charge in [0.25, 0.3) is 0 Å². The quantitative estimate of drug-likeness (QED) is 0.566. The Bertz CT molecular complexity index is 949. The predicted octanol–water partition coefficient (Wildman–Crippen LogP) is 5.17. The number of carboxylic acid groups (broad SMARTS) is 1. The van der Waals surface area contributed by atoms with E-state index < -0.39 is 5.97 Å². The summed E-state index contributed by atoms with van der Waals surface area (Å²) in [4.78, 5) is 14.1. The molecule has 0 unspecified atom stereocenters. The molecule has 31 heavy (non-hydrogen) atoms. The molecule has 0 aliphatic carbocycles. The first kappa shape index (κ1) is 21.4. The minimum atomic E-state index is -0.814. The molecule has 5 heteroatoms. The highest BCUT2D eigenvalue weighted by molar-refractivity contribution is 5.94. The summed E-state index contributed by atoms with van der Waals surface area (Å²) < 4.78 is 11.3. The first-order valence-electron chi connectivity index (χ1n) is 11.3. The van der Waals surface area contributed by atoms with Gasteiger partial charge in [0.15, 0.2) is 0 Å². The van der Waals surface area contributed by atoms with Gasteiger partial charge in [0.2, 0.25) is 0 Å². The second-order valence-corrected chi connectivity index (χ2v) is 8.23. The average molecular weight is 422 g/mol. The van der Waals surface area contributed by atoms with Crippen LogP contribution in [0, 0.1) is 0 Å². The van der Waals surface area contributed by atoms with Crippen LogP contribution in [0.15, 0.2) is 42.0 Å². The molecule has 0 amide bonds. The van der Waals surface area contributed by atoms with E-state index in [1.807, 2.05) is 18.2 Å². The number of hydrogen-bond donors (Lipinski definition) is 1. The largest absolute Gasteiger partial charge is 0.491 e. The van der Waals surface area contributed by atoms with Crippen molar-refractivity contribution in [3.63, 3.8) is 0 Å². The maximum absolute atomic E-state index is 11.7. The number of rotatable bonds is 9. The molecule has 0 atom stereocenters. The molecule has 0 saturated heterocycles. The Hall–Kier alpha value is -2.79.